The van der Waals surface area contributed by atoms with E-state index in [1.165, 1.54) is 0 Å². The molecule has 1 fully saturated rings. The van der Waals surface area contributed by atoms with Crippen LogP contribution in [0.5, 0.6) is 0 Å². The van der Waals surface area contributed by atoms with Crippen LogP contribution >= 0.6 is 7.82 Å². The fraction of sp³-hybridized carbons (Fsp3) is 1.00. The molecule has 7 heteroatoms. The van der Waals surface area contributed by atoms with Crippen LogP contribution < -0.4 is 0 Å². The van der Waals surface area contributed by atoms with Gasteiger partial charge in [0.1, 0.15) is 0 Å². The summed E-state index contributed by atoms with van der Waals surface area (Å²) in [5, 5.41) is 8.70. The second kappa shape index (κ2) is 4.50. The van der Waals surface area contributed by atoms with Gasteiger partial charge in [0.2, 0.25) is 0 Å². The zero-order valence-electron chi connectivity index (χ0n) is 7.25. The van der Waals surface area contributed by atoms with Gasteiger partial charge in [0.15, 0.2) is 6.29 Å². The van der Waals surface area contributed by atoms with Crippen molar-refractivity contribution in [2.75, 3.05) is 13.7 Å². The molecule has 3 atom stereocenters. The lowest BCUT2D eigenvalue weighted by Crippen LogP contribution is -2.16. The summed E-state index contributed by atoms with van der Waals surface area (Å²) < 4.78 is 24.8. The van der Waals surface area contributed by atoms with Gasteiger partial charge in [-0.3, -0.25) is 9.05 Å². The maximum atomic E-state index is 10.9. The highest BCUT2D eigenvalue weighted by Gasteiger charge is 2.32. The van der Waals surface area contributed by atoms with Crippen LogP contribution in [0.15, 0.2) is 0 Å². The summed E-state index contributed by atoms with van der Waals surface area (Å²) >= 11 is 0. The molecule has 1 rings (SSSR count). The molecule has 0 aliphatic carbocycles. The predicted molar refractivity (Wildman–Crippen MR) is 42.9 cm³/mol. The van der Waals surface area contributed by atoms with Crippen LogP contribution in [0.25, 0.3) is 0 Å². The summed E-state index contributed by atoms with van der Waals surface area (Å²) in [6, 6.07) is 0. The number of aliphatic hydroxyl groups excluding tert-OH is 1. The molecule has 1 aliphatic heterocycles. The molecule has 78 valence electrons. The zero-order valence-corrected chi connectivity index (χ0v) is 8.15. The Bertz CT molecular complexity index is 207. The lowest BCUT2D eigenvalue weighted by atomic mass is 10.2. The summed E-state index contributed by atoms with van der Waals surface area (Å²) in [5.74, 6) is 0. The first kappa shape index (κ1) is 11.1. The smallest absolute Gasteiger partial charge is 0.394 e. The molecular weight excluding hydrogens is 199 g/mol. The molecule has 13 heavy (non-hydrogen) atoms. The molecule has 0 radical (unpaired) electrons. The van der Waals surface area contributed by atoms with E-state index in [-0.39, 0.29) is 12.7 Å². The Morgan fingerprint density at radius 1 is 1.62 bits per heavy atom. The molecule has 0 saturated carbocycles. The third-order valence-corrected chi connectivity index (χ3v) is 2.72. The van der Waals surface area contributed by atoms with Gasteiger partial charge in [0, 0.05) is 13.5 Å². The lowest BCUT2D eigenvalue weighted by molar-refractivity contribution is -0.0967. The van der Waals surface area contributed by atoms with E-state index in [2.05, 4.69) is 9.05 Å². The molecule has 0 bridgehead atoms. The average Bonchev–Trinajstić information content (AvgIpc) is 2.52. The summed E-state index contributed by atoms with van der Waals surface area (Å²) in [6.07, 6.45) is 0.0408. The van der Waals surface area contributed by atoms with Gasteiger partial charge in [-0.25, -0.2) is 4.57 Å². The normalized spacial score (nSPS) is 33.2. The fourth-order valence-electron chi connectivity index (χ4n) is 1.08. The van der Waals surface area contributed by atoms with Gasteiger partial charge in [-0.2, -0.15) is 0 Å². The average molecular weight is 212 g/mol. The molecule has 6 nitrogen and oxygen atoms in total. The Hall–Kier alpha value is 0.0300. The molecule has 0 amide bonds. The summed E-state index contributed by atoms with van der Waals surface area (Å²) in [5.41, 5.74) is 0. The highest BCUT2D eigenvalue weighted by molar-refractivity contribution is 7.47. The van der Waals surface area contributed by atoms with E-state index in [1.807, 2.05) is 0 Å². The van der Waals surface area contributed by atoms with Crippen molar-refractivity contribution in [3.63, 3.8) is 0 Å². The van der Waals surface area contributed by atoms with Gasteiger partial charge < -0.3 is 14.7 Å². The molecule has 0 aromatic carbocycles. The van der Waals surface area contributed by atoms with E-state index < -0.39 is 14.1 Å². The number of rotatable bonds is 4. The van der Waals surface area contributed by atoms with E-state index in [0.717, 1.165) is 7.11 Å². The van der Waals surface area contributed by atoms with Crippen LogP contribution in [0.1, 0.15) is 12.8 Å². The highest BCUT2D eigenvalue weighted by Crippen LogP contribution is 2.45. The van der Waals surface area contributed by atoms with Crippen molar-refractivity contribution in [2.24, 2.45) is 0 Å². The molecule has 1 heterocycles. The number of phosphoric ester groups is 1. The maximum Gasteiger partial charge on any atom is 0.474 e. The Labute approximate surface area is 76.0 Å². The number of hydrogen-bond acceptors (Lipinski definition) is 5. The Kier molecular flexibility index (Phi) is 3.85. The molecule has 2 N–H and O–H groups in total. The minimum absolute atomic E-state index is 0.109. The van der Waals surface area contributed by atoms with Crippen LogP contribution in [0.4, 0.5) is 0 Å². The topological polar surface area (TPSA) is 85.2 Å². The molecular formula is C6H13O6P. The minimum Gasteiger partial charge on any atom is -0.394 e. The van der Waals surface area contributed by atoms with Gasteiger partial charge in [0.05, 0.1) is 12.7 Å². The molecule has 0 aromatic rings. The Balaban J connectivity index is 2.36. The molecule has 1 saturated heterocycles. The zero-order chi connectivity index (χ0) is 9.90. The number of hydrogen-bond donors (Lipinski definition) is 2. The van der Waals surface area contributed by atoms with Crippen molar-refractivity contribution < 1.29 is 28.3 Å². The monoisotopic (exact) mass is 212 g/mol. The van der Waals surface area contributed by atoms with Gasteiger partial charge in [-0.15, -0.1) is 0 Å². The first-order valence-corrected chi connectivity index (χ1v) is 5.40. The quantitative estimate of drug-likeness (QED) is 0.649. The summed E-state index contributed by atoms with van der Waals surface area (Å²) in [7, 11) is -2.88. The fourth-order valence-corrected chi connectivity index (χ4v) is 1.61. The molecule has 1 aliphatic rings. The largest absolute Gasteiger partial charge is 0.474 e. The SMILES string of the molecule is COP(=O)(O)OC1CC[C@H](CO)O1. The summed E-state index contributed by atoms with van der Waals surface area (Å²) in [4.78, 5) is 8.91. The van der Waals surface area contributed by atoms with Crippen molar-refractivity contribution in [3.8, 4) is 0 Å². The Morgan fingerprint density at radius 2 is 2.31 bits per heavy atom. The maximum absolute atomic E-state index is 10.9. The van der Waals surface area contributed by atoms with E-state index in [4.69, 9.17) is 14.7 Å². The first-order valence-electron chi connectivity index (χ1n) is 3.90. The van der Waals surface area contributed by atoms with Crippen LogP contribution in [0.3, 0.4) is 0 Å². The van der Waals surface area contributed by atoms with Gasteiger partial charge in [-0.05, 0) is 6.42 Å². The summed E-state index contributed by atoms with van der Waals surface area (Å²) in [6.45, 7) is -0.109. The van der Waals surface area contributed by atoms with Crippen LogP contribution in [0, 0.1) is 0 Å². The van der Waals surface area contributed by atoms with Gasteiger partial charge >= 0.3 is 7.82 Å². The first-order chi connectivity index (χ1) is 6.07. The Morgan fingerprint density at radius 3 is 2.77 bits per heavy atom. The third kappa shape index (κ3) is 3.34. The molecule has 0 spiro atoms. The number of aliphatic hydroxyl groups is 1. The van der Waals surface area contributed by atoms with Gasteiger partial charge in [-0.1, -0.05) is 0 Å². The van der Waals surface area contributed by atoms with E-state index in [9.17, 15) is 4.57 Å². The second-order valence-corrected chi connectivity index (χ2v) is 4.22. The number of ether oxygens (including phenoxy) is 1. The van der Waals surface area contributed by atoms with Gasteiger partial charge in [0.25, 0.3) is 0 Å². The van der Waals surface area contributed by atoms with Crippen LogP contribution in [-0.2, 0) is 18.3 Å². The lowest BCUT2D eigenvalue weighted by Gasteiger charge is -2.15. The van der Waals surface area contributed by atoms with E-state index in [1.54, 1.807) is 0 Å². The molecule has 2 unspecified atom stereocenters. The van der Waals surface area contributed by atoms with Crippen molar-refractivity contribution in [1.29, 1.82) is 0 Å². The van der Waals surface area contributed by atoms with E-state index in [0.29, 0.717) is 12.8 Å². The third-order valence-electron chi connectivity index (χ3n) is 1.75. The van der Waals surface area contributed by atoms with E-state index >= 15 is 0 Å². The van der Waals surface area contributed by atoms with Crippen LogP contribution in [0.2, 0.25) is 0 Å². The standard InChI is InChI=1S/C6H13O6P/c1-10-13(8,9)12-6-3-2-5(4-7)11-6/h5-7H,2-4H2,1H3,(H,8,9)/t5-,6?/m1/s1. The van der Waals surface area contributed by atoms with Crippen molar-refractivity contribution in [2.45, 2.75) is 25.2 Å². The van der Waals surface area contributed by atoms with Crippen molar-refractivity contribution in [1.82, 2.24) is 0 Å². The minimum atomic E-state index is -3.97. The van der Waals surface area contributed by atoms with Crippen molar-refractivity contribution in [3.05, 3.63) is 0 Å². The van der Waals surface area contributed by atoms with Crippen LogP contribution in [-0.4, -0.2) is 36.1 Å². The second-order valence-electron chi connectivity index (χ2n) is 2.70. The molecule has 0 aromatic heterocycles. The highest BCUT2D eigenvalue weighted by atomic mass is 31.2. The van der Waals surface area contributed by atoms with Crippen molar-refractivity contribution >= 4 is 7.82 Å². The predicted octanol–water partition coefficient (Wildman–Crippen LogP) is 0.247. The number of phosphoric acid groups is 1.